The van der Waals surface area contributed by atoms with E-state index in [-0.39, 0.29) is 49.0 Å². The number of nitrogens with zero attached hydrogens (tertiary/aromatic N) is 1. The van der Waals surface area contributed by atoms with Crippen molar-refractivity contribution in [3.63, 3.8) is 0 Å². The fraction of sp³-hybridized carbons (Fsp3) is 0.143. The Hall–Kier alpha value is -4.27. The summed E-state index contributed by atoms with van der Waals surface area (Å²) in [5.41, 5.74) is 3.02. The van der Waals surface area contributed by atoms with Crippen molar-refractivity contribution in [1.82, 2.24) is 4.72 Å². The molecular weight excluding hydrogens is 621 g/mol. The Morgan fingerprint density at radius 2 is 1.57 bits per heavy atom. The maximum atomic E-state index is 13.6. The summed E-state index contributed by atoms with van der Waals surface area (Å²) in [6, 6.07) is 30.7. The molecule has 0 bridgehead atoms. The van der Waals surface area contributed by atoms with E-state index in [1.165, 1.54) is 0 Å². The third kappa shape index (κ3) is 9.14. The number of sulfonamides is 1. The van der Waals surface area contributed by atoms with Gasteiger partial charge < -0.3 is 9.47 Å². The van der Waals surface area contributed by atoms with Crippen molar-refractivity contribution in [2.24, 2.45) is 0 Å². The molecule has 11 heteroatoms. The van der Waals surface area contributed by atoms with Gasteiger partial charge in [-0.25, -0.2) is 21.9 Å². The van der Waals surface area contributed by atoms with E-state index in [0.717, 1.165) is 28.0 Å². The van der Waals surface area contributed by atoms with Crippen molar-refractivity contribution in [3.05, 3.63) is 137 Å². The van der Waals surface area contributed by atoms with Gasteiger partial charge in [-0.1, -0.05) is 60.7 Å². The molecule has 46 heavy (non-hydrogen) atoms. The molecule has 230 valence electrons. The van der Waals surface area contributed by atoms with Crippen molar-refractivity contribution in [3.8, 4) is 17.6 Å². The molecule has 0 atom stereocenters. The molecule has 5 rings (SSSR count). The number of ether oxygens (including phenoxy) is 2. The van der Waals surface area contributed by atoms with E-state index in [2.05, 4.69) is 18.2 Å². The van der Waals surface area contributed by atoms with Crippen molar-refractivity contribution in [2.75, 3.05) is 6.61 Å². The zero-order valence-corrected chi connectivity index (χ0v) is 24.8. The number of carbonyl (C=O) groups is 1. The number of benzene rings is 5. The van der Waals surface area contributed by atoms with E-state index in [1.807, 2.05) is 41.1 Å². The zero-order valence-electron chi connectivity index (χ0n) is 24.0. The van der Waals surface area contributed by atoms with Crippen LogP contribution in [0.25, 0.3) is 10.8 Å². The van der Waals surface area contributed by atoms with Crippen molar-refractivity contribution >= 4 is 56.3 Å². The number of amides is 1. The average Bonchev–Trinajstić information content (AvgIpc) is 3.04. The second-order valence-electron chi connectivity index (χ2n) is 10.3. The van der Waals surface area contributed by atoms with Gasteiger partial charge >= 0.3 is 29.6 Å². The summed E-state index contributed by atoms with van der Waals surface area (Å²) in [5.74, 6) is -2.29. The molecule has 0 unspecified atom stereocenters. The van der Waals surface area contributed by atoms with Gasteiger partial charge in [-0.3, -0.25) is 4.79 Å². The number of nitriles is 1. The first kappa shape index (κ1) is 34.6. The third-order valence-corrected chi connectivity index (χ3v) is 8.40. The van der Waals surface area contributed by atoms with Crippen molar-refractivity contribution in [1.29, 1.82) is 5.26 Å². The summed E-state index contributed by atoms with van der Waals surface area (Å²) in [5, 5.41) is 11.4. The molecule has 0 spiro atoms. The van der Waals surface area contributed by atoms with Gasteiger partial charge in [0.1, 0.15) is 18.1 Å². The second-order valence-corrected chi connectivity index (χ2v) is 11.9. The van der Waals surface area contributed by atoms with Gasteiger partial charge in [-0.2, -0.15) is 5.26 Å². The van der Waals surface area contributed by atoms with Crippen molar-refractivity contribution in [2.45, 2.75) is 30.8 Å². The Morgan fingerprint density at radius 3 is 2.35 bits per heavy atom. The number of aryl methyl sites for hydroxylation is 1. The predicted octanol–water partition coefficient (Wildman–Crippen LogP) is 5.98. The van der Waals surface area contributed by atoms with E-state index >= 15 is 0 Å². The molecule has 0 radical (unpaired) electrons. The molecule has 0 aliphatic carbocycles. The molecule has 0 aromatic heterocycles. The van der Waals surface area contributed by atoms with E-state index in [4.69, 9.17) is 14.7 Å². The predicted molar refractivity (Wildman–Crippen MR) is 172 cm³/mol. The average molecular weight is 651 g/mol. The maximum absolute atomic E-state index is 13.6. The fourth-order valence-electron chi connectivity index (χ4n) is 4.68. The van der Waals surface area contributed by atoms with Crippen LogP contribution >= 0.6 is 0 Å². The molecule has 0 heterocycles. The monoisotopic (exact) mass is 650 g/mol. The summed E-state index contributed by atoms with van der Waals surface area (Å²) < 4.78 is 65.9. The molecule has 1 amide bonds. The van der Waals surface area contributed by atoms with Crippen LogP contribution in [0, 0.1) is 23.0 Å². The Bertz CT molecular complexity index is 2010. The molecule has 0 saturated carbocycles. The molecule has 0 aliphatic heterocycles. The number of nitrogens with one attached hydrogen (secondary N) is 1. The molecule has 0 fully saturated rings. The minimum absolute atomic E-state index is 0. The van der Waals surface area contributed by atoms with Crippen molar-refractivity contribution < 1.29 is 31.5 Å². The van der Waals surface area contributed by atoms with Gasteiger partial charge in [-0.15, -0.1) is 0 Å². The van der Waals surface area contributed by atoms with Crippen LogP contribution in [0.15, 0.2) is 108 Å². The first-order valence-electron chi connectivity index (χ1n) is 14.1. The summed E-state index contributed by atoms with van der Waals surface area (Å²) in [7, 11) is -4.39. The topological polar surface area (TPSA) is 105 Å². The Balaban J connectivity index is 0.00000480. The number of hydrogen-bond acceptors (Lipinski definition) is 6. The van der Waals surface area contributed by atoms with Crippen LogP contribution in [-0.4, -0.2) is 50.5 Å². The van der Waals surface area contributed by atoms with Crippen LogP contribution in [0.4, 0.5) is 8.78 Å². The van der Waals surface area contributed by atoms with Gasteiger partial charge in [0.15, 0.2) is 11.6 Å². The number of carbonyl (C=O) groups excluding carboxylic acids is 1. The summed E-state index contributed by atoms with van der Waals surface area (Å²) in [4.78, 5) is 12.1. The van der Waals surface area contributed by atoms with Crippen LogP contribution in [0.1, 0.15) is 28.7 Å². The van der Waals surface area contributed by atoms with E-state index in [9.17, 15) is 22.0 Å². The standard InChI is InChI=1S/C35H28F2N2O5S.Na.H/c36-32-14-13-31(21-33(32)37)45(41,42)39-35(40)15-12-28-11-9-26(23-44-30-7-3-4-25(19-30)22-38)20-34(28)43-17-16-24-8-10-27-5-1-2-6-29(27)18-24;;/h1-11,13-14,18-21H,12,15-17,23H2,(H,39,40);;. The van der Waals surface area contributed by atoms with E-state index < -0.39 is 32.5 Å². The van der Waals surface area contributed by atoms with Gasteiger partial charge in [0.2, 0.25) is 5.91 Å². The molecule has 0 saturated heterocycles. The van der Waals surface area contributed by atoms with Crippen LogP contribution in [-0.2, 0) is 34.3 Å². The Labute approximate surface area is 288 Å². The quantitative estimate of drug-likeness (QED) is 0.167. The summed E-state index contributed by atoms with van der Waals surface area (Å²) in [6.45, 7) is 0.541. The minimum atomic E-state index is -4.39. The molecular formula is C35H29F2N2NaO5S. The summed E-state index contributed by atoms with van der Waals surface area (Å²) in [6.07, 6.45) is 0.565. The number of fused-ring (bicyclic) bond motifs is 1. The normalized spacial score (nSPS) is 10.9. The molecule has 5 aromatic carbocycles. The number of halogens is 2. The number of rotatable bonds is 12. The van der Waals surface area contributed by atoms with Crippen LogP contribution in [0.2, 0.25) is 0 Å². The van der Waals surface area contributed by atoms with Gasteiger partial charge in [0.05, 0.1) is 23.1 Å². The van der Waals surface area contributed by atoms with Gasteiger partial charge in [-0.05, 0) is 76.3 Å². The first-order chi connectivity index (χ1) is 21.7. The van der Waals surface area contributed by atoms with Gasteiger partial charge in [0.25, 0.3) is 10.0 Å². The molecule has 7 nitrogen and oxygen atoms in total. The third-order valence-electron chi connectivity index (χ3n) is 7.03. The van der Waals surface area contributed by atoms with Crippen LogP contribution < -0.4 is 14.2 Å². The van der Waals surface area contributed by atoms with E-state index in [1.54, 1.807) is 36.4 Å². The fourth-order valence-corrected chi connectivity index (χ4v) is 5.70. The molecule has 0 aliphatic rings. The van der Waals surface area contributed by atoms with Crippen LogP contribution in [0.3, 0.4) is 0 Å². The zero-order chi connectivity index (χ0) is 31.8. The van der Waals surface area contributed by atoms with Gasteiger partial charge in [0, 0.05) is 12.8 Å². The second kappa shape index (κ2) is 15.8. The molecule has 5 aromatic rings. The summed E-state index contributed by atoms with van der Waals surface area (Å²) >= 11 is 0. The SMILES string of the molecule is N#Cc1cccc(OCc2ccc(CCC(=O)NS(=O)(=O)c3ccc(F)c(F)c3)c(OCCc3ccc4ccccc4c3)c2)c1.[NaH]. The first-order valence-corrected chi connectivity index (χ1v) is 15.5. The van der Waals surface area contributed by atoms with E-state index in [0.29, 0.717) is 47.8 Å². The number of hydrogen-bond donors (Lipinski definition) is 1. The Kier molecular flexibility index (Phi) is 11.9. The van der Waals surface area contributed by atoms with Crippen LogP contribution in [0.5, 0.6) is 11.5 Å². The Morgan fingerprint density at radius 1 is 0.783 bits per heavy atom. The molecule has 1 N–H and O–H groups in total.